The van der Waals surface area contributed by atoms with Crippen LogP contribution >= 0.6 is 0 Å². The molecule has 126 valence electrons. The normalized spacial score (nSPS) is 14.9. The van der Waals surface area contributed by atoms with E-state index in [0.29, 0.717) is 0 Å². The molecule has 0 aliphatic carbocycles. The Labute approximate surface area is 126 Å². The molecule has 0 saturated heterocycles. The molecule has 2 nitrogen and oxygen atoms in total. The fraction of sp³-hybridized carbons (Fsp3) is 0.938. The van der Waals surface area contributed by atoms with Gasteiger partial charge in [-0.15, -0.1) is 0 Å². The number of carbonyl (C=O) groups excluding carboxylic acids is 1. The third-order valence-electron chi connectivity index (χ3n) is 3.44. The van der Waals surface area contributed by atoms with Crippen molar-refractivity contribution >= 4 is 5.91 Å². The van der Waals surface area contributed by atoms with E-state index in [2.05, 4.69) is 26.1 Å². The fourth-order valence-corrected chi connectivity index (χ4v) is 2.08. The zero-order chi connectivity index (χ0) is 16.9. The van der Waals surface area contributed by atoms with Crippen LogP contribution in [0.5, 0.6) is 0 Å². The molecule has 0 bridgehead atoms. The topological polar surface area (TPSA) is 29.1 Å². The number of nitrogens with one attached hydrogen (secondary N) is 1. The lowest BCUT2D eigenvalue weighted by molar-refractivity contribution is -0.144. The Morgan fingerprint density at radius 3 is 1.90 bits per heavy atom. The molecule has 0 rings (SSSR count). The van der Waals surface area contributed by atoms with E-state index < -0.39 is 24.9 Å². The van der Waals surface area contributed by atoms with Crippen LogP contribution in [0.3, 0.4) is 0 Å². The Hall–Kier alpha value is -0.740. The van der Waals surface area contributed by atoms with Gasteiger partial charge in [0.25, 0.3) is 0 Å². The van der Waals surface area contributed by atoms with Crippen molar-refractivity contribution in [3.05, 3.63) is 0 Å². The van der Waals surface area contributed by atoms with Gasteiger partial charge in [0.1, 0.15) is 0 Å². The number of carbonyl (C=O) groups is 1. The van der Waals surface area contributed by atoms with Crippen LogP contribution in [0.15, 0.2) is 0 Å². The maximum absolute atomic E-state index is 12.1. The van der Waals surface area contributed by atoms with E-state index in [1.165, 1.54) is 0 Å². The molecule has 0 aromatic heterocycles. The minimum absolute atomic E-state index is 0.0967. The summed E-state index contributed by atoms with van der Waals surface area (Å²) in [6, 6.07) is -0.0967. The number of alkyl halides is 3. The molecule has 0 radical (unpaired) electrons. The summed E-state index contributed by atoms with van der Waals surface area (Å²) < 4.78 is 36.4. The maximum Gasteiger partial charge on any atom is 0.389 e. The van der Waals surface area contributed by atoms with Crippen molar-refractivity contribution in [2.45, 2.75) is 85.9 Å². The Morgan fingerprint density at radius 2 is 1.52 bits per heavy atom. The summed E-state index contributed by atoms with van der Waals surface area (Å²) >= 11 is 0. The third-order valence-corrected chi connectivity index (χ3v) is 3.44. The van der Waals surface area contributed by atoms with Gasteiger partial charge in [0, 0.05) is 12.5 Å². The highest BCUT2D eigenvalue weighted by Gasteiger charge is 2.30. The second-order valence-electron chi connectivity index (χ2n) is 8.05. The van der Waals surface area contributed by atoms with Crippen LogP contribution in [-0.4, -0.2) is 18.1 Å². The Kier molecular flexibility index (Phi) is 7.24. The SMILES string of the molecule is CC(C)(C)CCCC(NC(=O)CCC(F)(F)F)C(C)(C)C. The van der Waals surface area contributed by atoms with Gasteiger partial charge in [-0.25, -0.2) is 0 Å². The lowest BCUT2D eigenvalue weighted by atomic mass is 9.81. The van der Waals surface area contributed by atoms with Gasteiger partial charge in [0.2, 0.25) is 5.91 Å². The molecule has 0 aliphatic heterocycles. The maximum atomic E-state index is 12.1. The van der Waals surface area contributed by atoms with Crippen LogP contribution in [0, 0.1) is 10.8 Å². The molecule has 0 aliphatic rings. The summed E-state index contributed by atoms with van der Waals surface area (Å²) in [6.07, 6.45) is -3.06. The van der Waals surface area contributed by atoms with Gasteiger partial charge in [-0.3, -0.25) is 4.79 Å². The first-order valence-corrected chi connectivity index (χ1v) is 7.57. The first-order valence-electron chi connectivity index (χ1n) is 7.57. The molecule has 0 heterocycles. The highest BCUT2D eigenvalue weighted by molar-refractivity contribution is 5.76. The monoisotopic (exact) mass is 309 g/mol. The molecule has 1 N–H and O–H groups in total. The molecule has 1 atom stereocenters. The predicted octanol–water partition coefficient (Wildman–Crippen LogP) is 5.08. The largest absolute Gasteiger partial charge is 0.389 e. The average molecular weight is 309 g/mol. The molecule has 5 heteroatoms. The van der Waals surface area contributed by atoms with Crippen molar-refractivity contribution in [2.75, 3.05) is 0 Å². The molecule has 0 spiro atoms. The molecule has 0 aromatic rings. The molecule has 0 aromatic carbocycles. The smallest absolute Gasteiger partial charge is 0.353 e. The molecular weight excluding hydrogens is 279 g/mol. The molecule has 21 heavy (non-hydrogen) atoms. The van der Waals surface area contributed by atoms with E-state index in [-0.39, 0.29) is 16.9 Å². The molecule has 0 saturated carbocycles. The summed E-state index contributed by atoms with van der Waals surface area (Å²) in [5, 5.41) is 2.78. The van der Waals surface area contributed by atoms with Crippen molar-refractivity contribution in [3.8, 4) is 0 Å². The summed E-state index contributed by atoms with van der Waals surface area (Å²) in [5.41, 5.74) is 0.0640. The van der Waals surface area contributed by atoms with E-state index in [1.807, 2.05) is 20.8 Å². The van der Waals surface area contributed by atoms with E-state index in [1.54, 1.807) is 0 Å². The predicted molar refractivity (Wildman–Crippen MR) is 80.0 cm³/mol. The van der Waals surface area contributed by atoms with Gasteiger partial charge in [0.15, 0.2) is 0 Å². The van der Waals surface area contributed by atoms with Crippen molar-refractivity contribution in [2.24, 2.45) is 10.8 Å². The van der Waals surface area contributed by atoms with Crippen molar-refractivity contribution in [1.29, 1.82) is 0 Å². The van der Waals surface area contributed by atoms with Crippen molar-refractivity contribution in [1.82, 2.24) is 5.32 Å². The Morgan fingerprint density at radius 1 is 1.00 bits per heavy atom. The van der Waals surface area contributed by atoms with Gasteiger partial charge >= 0.3 is 6.18 Å². The van der Waals surface area contributed by atoms with Crippen molar-refractivity contribution in [3.63, 3.8) is 0 Å². The summed E-state index contributed by atoms with van der Waals surface area (Å²) in [5.74, 6) is -0.511. The van der Waals surface area contributed by atoms with E-state index >= 15 is 0 Å². The van der Waals surface area contributed by atoms with Crippen LogP contribution in [0.2, 0.25) is 0 Å². The number of rotatable bonds is 6. The average Bonchev–Trinajstić information content (AvgIpc) is 2.21. The first kappa shape index (κ1) is 20.3. The quantitative estimate of drug-likeness (QED) is 0.728. The first-order chi connectivity index (χ1) is 9.21. The fourth-order valence-electron chi connectivity index (χ4n) is 2.08. The summed E-state index contributed by atoms with van der Waals surface area (Å²) in [6.45, 7) is 12.5. The van der Waals surface area contributed by atoms with Crippen LogP contribution in [-0.2, 0) is 4.79 Å². The van der Waals surface area contributed by atoms with Crippen LogP contribution in [0.1, 0.15) is 73.6 Å². The molecule has 1 amide bonds. The zero-order valence-corrected chi connectivity index (χ0v) is 14.2. The highest BCUT2D eigenvalue weighted by atomic mass is 19.4. The van der Waals surface area contributed by atoms with Crippen molar-refractivity contribution < 1.29 is 18.0 Å². The van der Waals surface area contributed by atoms with Crippen LogP contribution in [0.25, 0.3) is 0 Å². The molecule has 0 fully saturated rings. The van der Waals surface area contributed by atoms with Crippen LogP contribution < -0.4 is 5.32 Å². The van der Waals surface area contributed by atoms with Gasteiger partial charge in [-0.05, 0) is 23.7 Å². The second-order valence-corrected chi connectivity index (χ2v) is 8.05. The zero-order valence-electron chi connectivity index (χ0n) is 14.2. The van der Waals surface area contributed by atoms with E-state index in [4.69, 9.17) is 0 Å². The second kappa shape index (κ2) is 7.50. The number of halogens is 3. The van der Waals surface area contributed by atoms with E-state index in [0.717, 1.165) is 19.3 Å². The third kappa shape index (κ3) is 11.6. The lowest BCUT2D eigenvalue weighted by Gasteiger charge is -2.32. The van der Waals surface area contributed by atoms with Crippen LogP contribution in [0.4, 0.5) is 13.2 Å². The molecule has 1 unspecified atom stereocenters. The molecular formula is C16H30F3NO. The Balaban J connectivity index is 4.41. The minimum Gasteiger partial charge on any atom is -0.353 e. The lowest BCUT2D eigenvalue weighted by Crippen LogP contribution is -2.44. The van der Waals surface area contributed by atoms with Gasteiger partial charge in [-0.1, -0.05) is 48.0 Å². The Bertz CT molecular complexity index is 324. The van der Waals surface area contributed by atoms with Gasteiger partial charge in [-0.2, -0.15) is 13.2 Å². The number of hydrogen-bond acceptors (Lipinski definition) is 1. The standard InChI is InChI=1S/C16H30F3NO/c1-14(2,3)10-7-8-12(15(4,5)6)20-13(21)9-11-16(17,18)19/h12H,7-11H2,1-6H3,(H,20,21). The summed E-state index contributed by atoms with van der Waals surface area (Å²) in [7, 11) is 0. The summed E-state index contributed by atoms with van der Waals surface area (Å²) in [4.78, 5) is 11.7. The number of amides is 1. The van der Waals surface area contributed by atoms with E-state index in [9.17, 15) is 18.0 Å². The minimum atomic E-state index is -4.28. The van der Waals surface area contributed by atoms with Gasteiger partial charge < -0.3 is 5.32 Å². The number of hydrogen-bond donors (Lipinski definition) is 1. The highest BCUT2D eigenvalue weighted by Crippen LogP contribution is 2.28. The van der Waals surface area contributed by atoms with Gasteiger partial charge in [0.05, 0.1) is 6.42 Å².